The lowest BCUT2D eigenvalue weighted by molar-refractivity contribution is -0.137. The molecule has 152 valence electrons. The van der Waals surface area contributed by atoms with Crippen molar-refractivity contribution in [3.05, 3.63) is 53.6 Å². The Morgan fingerprint density at radius 3 is 2.25 bits per heavy atom. The molecular weight excluding hydrogens is 395 g/mol. The molecule has 0 atom stereocenters. The van der Waals surface area contributed by atoms with Gasteiger partial charge in [-0.2, -0.15) is 13.2 Å². The number of halogens is 3. The summed E-state index contributed by atoms with van der Waals surface area (Å²) in [6, 6.07) is 8.20. The molecule has 0 spiro atoms. The molecule has 0 radical (unpaired) electrons. The maximum absolute atomic E-state index is 12.7. The molecule has 2 rings (SSSR count). The molecule has 0 aliphatic heterocycles. The molecule has 0 heterocycles. The molecule has 0 bridgehead atoms. The molecule has 3 N–H and O–H groups in total. The highest BCUT2D eigenvalue weighted by molar-refractivity contribution is 7.89. The van der Waals surface area contributed by atoms with E-state index in [1.165, 1.54) is 37.4 Å². The third-order valence-electron chi connectivity index (χ3n) is 3.84. The summed E-state index contributed by atoms with van der Waals surface area (Å²) in [6.45, 7) is 2.26. The summed E-state index contributed by atoms with van der Waals surface area (Å²) in [6.07, 6.45) is -3.77. The summed E-state index contributed by atoms with van der Waals surface area (Å²) in [5.74, 6) is -0.496. The normalized spacial score (nSPS) is 11.9. The van der Waals surface area contributed by atoms with Gasteiger partial charge >= 0.3 is 6.18 Å². The zero-order valence-corrected chi connectivity index (χ0v) is 16.0. The minimum atomic E-state index is -4.45. The zero-order valence-electron chi connectivity index (χ0n) is 15.2. The molecule has 0 aliphatic carbocycles. The van der Waals surface area contributed by atoms with Crippen molar-refractivity contribution >= 4 is 27.3 Å². The number of nitrogens with one attached hydrogen (secondary N) is 3. The van der Waals surface area contributed by atoms with Crippen LogP contribution < -0.4 is 15.4 Å². The van der Waals surface area contributed by atoms with Crippen LogP contribution in [0.15, 0.2) is 47.4 Å². The fourth-order valence-corrected chi connectivity index (χ4v) is 3.09. The summed E-state index contributed by atoms with van der Waals surface area (Å²) >= 11 is 0. The van der Waals surface area contributed by atoms with Gasteiger partial charge < -0.3 is 10.6 Å². The van der Waals surface area contributed by atoms with Crippen LogP contribution in [0.25, 0.3) is 0 Å². The van der Waals surface area contributed by atoms with Crippen molar-refractivity contribution in [2.24, 2.45) is 0 Å². The largest absolute Gasteiger partial charge is 0.416 e. The van der Waals surface area contributed by atoms with Crippen LogP contribution in [0.3, 0.4) is 0 Å². The smallest absolute Gasteiger partial charge is 0.355 e. The van der Waals surface area contributed by atoms with Crippen molar-refractivity contribution in [3.8, 4) is 0 Å². The predicted molar refractivity (Wildman–Crippen MR) is 100 cm³/mol. The Morgan fingerprint density at radius 2 is 1.71 bits per heavy atom. The van der Waals surface area contributed by atoms with Gasteiger partial charge in [0.2, 0.25) is 10.0 Å². The standard InChI is InChI=1S/C18H20F3N3O3S/c1-3-10-23-17(25)15-11-14(28(26,27)22-2)8-9-16(15)24-13-6-4-12(5-7-13)18(19,20)21/h4-9,11,22,24H,3,10H2,1-2H3,(H,23,25). The average Bonchev–Trinajstić information content (AvgIpc) is 2.66. The summed E-state index contributed by atoms with van der Waals surface area (Å²) in [4.78, 5) is 12.4. The van der Waals surface area contributed by atoms with Crippen molar-refractivity contribution in [1.29, 1.82) is 0 Å². The van der Waals surface area contributed by atoms with Gasteiger partial charge in [0, 0.05) is 12.2 Å². The molecule has 0 aliphatic rings. The number of hydrogen-bond donors (Lipinski definition) is 3. The maximum atomic E-state index is 12.7. The summed E-state index contributed by atoms with van der Waals surface area (Å²) in [5, 5.41) is 5.52. The molecule has 0 unspecified atom stereocenters. The van der Waals surface area contributed by atoms with E-state index >= 15 is 0 Å². The lowest BCUT2D eigenvalue weighted by Gasteiger charge is -2.15. The zero-order chi connectivity index (χ0) is 20.9. The fourth-order valence-electron chi connectivity index (χ4n) is 2.34. The van der Waals surface area contributed by atoms with Crippen LogP contribution in [0.2, 0.25) is 0 Å². The van der Waals surface area contributed by atoms with Crippen molar-refractivity contribution in [2.75, 3.05) is 18.9 Å². The van der Waals surface area contributed by atoms with Gasteiger partial charge in [0.15, 0.2) is 0 Å². The summed E-state index contributed by atoms with van der Waals surface area (Å²) in [7, 11) is -2.52. The Kier molecular flexibility index (Phi) is 6.68. The van der Waals surface area contributed by atoms with Gasteiger partial charge in [-0.1, -0.05) is 6.92 Å². The maximum Gasteiger partial charge on any atom is 0.416 e. The van der Waals surface area contributed by atoms with Gasteiger partial charge in [-0.25, -0.2) is 13.1 Å². The molecule has 1 amide bonds. The summed E-state index contributed by atoms with van der Waals surface area (Å²) in [5.41, 5.74) is -0.149. The van der Waals surface area contributed by atoms with E-state index in [1.807, 2.05) is 6.92 Å². The number of anilines is 2. The van der Waals surface area contributed by atoms with Crippen LogP contribution in [-0.4, -0.2) is 27.9 Å². The third kappa shape index (κ3) is 5.23. The topological polar surface area (TPSA) is 87.3 Å². The first-order valence-corrected chi connectivity index (χ1v) is 9.87. The Balaban J connectivity index is 2.40. The van der Waals surface area contributed by atoms with Gasteiger partial charge in [-0.15, -0.1) is 0 Å². The SMILES string of the molecule is CCCNC(=O)c1cc(S(=O)(=O)NC)ccc1Nc1ccc(C(F)(F)F)cc1. The minimum absolute atomic E-state index is 0.0599. The van der Waals surface area contributed by atoms with Crippen LogP contribution in [0, 0.1) is 0 Å². The first kappa shape index (κ1) is 21.7. The molecule has 0 fully saturated rings. The molecule has 2 aromatic carbocycles. The number of amides is 1. The highest BCUT2D eigenvalue weighted by atomic mass is 32.2. The first-order valence-electron chi connectivity index (χ1n) is 8.38. The van der Waals surface area contributed by atoms with Crippen molar-refractivity contribution < 1.29 is 26.4 Å². The van der Waals surface area contributed by atoms with Gasteiger partial charge in [0.25, 0.3) is 5.91 Å². The number of carbonyl (C=O) groups is 1. The van der Waals surface area contributed by atoms with Crippen LogP contribution in [0.4, 0.5) is 24.5 Å². The second-order valence-corrected chi connectivity index (χ2v) is 7.76. The second-order valence-electron chi connectivity index (χ2n) is 5.87. The monoisotopic (exact) mass is 415 g/mol. The molecular formula is C18H20F3N3O3S. The molecule has 0 saturated carbocycles. The number of benzene rings is 2. The number of rotatable bonds is 7. The van der Waals surface area contributed by atoms with Gasteiger partial charge in [0.05, 0.1) is 21.7 Å². The van der Waals surface area contributed by atoms with Gasteiger partial charge in [-0.05, 0) is 55.9 Å². The highest BCUT2D eigenvalue weighted by Gasteiger charge is 2.30. The Morgan fingerprint density at radius 1 is 1.07 bits per heavy atom. The van der Waals surface area contributed by atoms with Crippen molar-refractivity contribution in [2.45, 2.75) is 24.4 Å². The number of alkyl halides is 3. The van der Waals surface area contributed by atoms with E-state index in [0.717, 1.165) is 12.1 Å². The molecule has 0 aromatic heterocycles. The lowest BCUT2D eigenvalue weighted by atomic mass is 10.1. The molecule has 10 heteroatoms. The molecule has 0 saturated heterocycles. The van der Waals surface area contributed by atoms with Crippen LogP contribution in [0.1, 0.15) is 29.3 Å². The second kappa shape index (κ2) is 8.61. The van der Waals surface area contributed by atoms with Crippen LogP contribution in [0.5, 0.6) is 0 Å². The quantitative estimate of drug-likeness (QED) is 0.646. The Labute approximate surface area is 161 Å². The number of hydrogen-bond acceptors (Lipinski definition) is 4. The Bertz CT molecular complexity index is 943. The van der Waals surface area contributed by atoms with Gasteiger partial charge in [0.1, 0.15) is 0 Å². The van der Waals surface area contributed by atoms with E-state index in [0.29, 0.717) is 18.7 Å². The van der Waals surface area contributed by atoms with E-state index in [4.69, 9.17) is 0 Å². The van der Waals surface area contributed by atoms with E-state index in [2.05, 4.69) is 15.4 Å². The number of carbonyl (C=O) groups excluding carboxylic acids is 1. The van der Waals surface area contributed by atoms with Gasteiger partial charge in [-0.3, -0.25) is 4.79 Å². The van der Waals surface area contributed by atoms with E-state index in [9.17, 15) is 26.4 Å². The molecule has 2 aromatic rings. The molecule has 6 nitrogen and oxygen atoms in total. The van der Waals surface area contributed by atoms with Crippen LogP contribution >= 0.6 is 0 Å². The first-order chi connectivity index (χ1) is 13.1. The van der Waals surface area contributed by atoms with E-state index < -0.39 is 27.7 Å². The van der Waals surface area contributed by atoms with Crippen LogP contribution in [-0.2, 0) is 16.2 Å². The summed E-state index contributed by atoms with van der Waals surface area (Å²) < 4.78 is 64.3. The minimum Gasteiger partial charge on any atom is -0.355 e. The Hall–Kier alpha value is -2.59. The van der Waals surface area contributed by atoms with E-state index in [1.54, 1.807) is 0 Å². The fraction of sp³-hybridized carbons (Fsp3) is 0.278. The molecule has 28 heavy (non-hydrogen) atoms. The predicted octanol–water partition coefficient (Wildman–Crippen LogP) is 3.50. The highest BCUT2D eigenvalue weighted by Crippen LogP contribution is 2.31. The lowest BCUT2D eigenvalue weighted by Crippen LogP contribution is -2.26. The van der Waals surface area contributed by atoms with Crippen molar-refractivity contribution in [1.82, 2.24) is 10.0 Å². The average molecular weight is 415 g/mol. The van der Waals surface area contributed by atoms with E-state index in [-0.39, 0.29) is 16.1 Å². The van der Waals surface area contributed by atoms with Crippen molar-refractivity contribution in [3.63, 3.8) is 0 Å². The third-order valence-corrected chi connectivity index (χ3v) is 5.25. The number of sulfonamides is 1.